The molecule has 0 fully saturated rings. The van der Waals surface area contributed by atoms with Crippen molar-refractivity contribution < 1.29 is 14.8 Å². The highest BCUT2D eigenvalue weighted by Crippen LogP contribution is 2.04. The van der Waals surface area contributed by atoms with Gasteiger partial charge in [-0.1, -0.05) is 6.42 Å². The summed E-state index contributed by atoms with van der Waals surface area (Å²) in [6.45, 7) is 0. The SMILES string of the molecule is O=C(CCCCCC(=O)Nc1c[nH]c(=O)[nH]c1=O)NO. The van der Waals surface area contributed by atoms with E-state index in [1.54, 1.807) is 0 Å². The Morgan fingerprint density at radius 2 is 1.75 bits per heavy atom. The van der Waals surface area contributed by atoms with Crippen LogP contribution in [0, 0.1) is 0 Å². The maximum absolute atomic E-state index is 11.5. The van der Waals surface area contributed by atoms with E-state index in [-0.39, 0.29) is 24.4 Å². The highest BCUT2D eigenvalue weighted by Gasteiger charge is 2.06. The van der Waals surface area contributed by atoms with Gasteiger partial charge in [0.25, 0.3) is 5.56 Å². The van der Waals surface area contributed by atoms with Gasteiger partial charge in [-0.15, -0.1) is 0 Å². The largest absolute Gasteiger partial charge is 0.325 e. The van der Waals surface area contributed by atoms with Crippen LogP contribution in [0.15, 0.2) is 15.8 Å². The first-order chi connectivity index (χ1) is 9.52. The molecule has 0 saturated carbocycles. The van der Waals surface area contributed by atoms with Gasteiger partial charge in [-0.05, 0) is 12.8 Å². The number of aromatic nitrogens is 2. The molecular formula is C11H16N4O5. The zero-order valence-corrected chi connectivity index (χ0v) is 10.7. The summed E-state index contributed by atoms with van der Waals surface area (Å²) in [6, 6.07) is 0. The predicted octanol–water partition coefficient (Wildman–Crippen LogP) is -0.542. The van der Waals surface area contributed by atoms with Gasteiger partial charge >= 0.3 is 5.69 Å². The Bertz CT molecular complexity index is 577. The van der Waals surface area contributed by atoms with Gasteiger partial charge in [0.15, 0.2) is 0 Å². The van der Waals surface area contributed by atoms with Crippen molar-refractivity contribution in [2.45, 2.75) is 32.1 Å². The van der Waals surface area contributed by atoms with Crippen molar-refractivity contribution in [1.82, 2.24) is 15.4 Å². The molecule has 9 heteroatoms. The number of nitrogens with one attached hydrogen (secondary N) is 4. The van der Waals surface area contributed by atoms with Gasteiger partial charge in [-0.25, -0.2) is 10.3 Å². The van der Waals surface area contributed by atoms with Gasteiger partial charge in [0.2, 0.25) is 11.8 Å². The van der Waals surface area contributed by atoms with Gasteiger partial charge in [-0.3, -0.25) is 24.6 Å². The third-order valence-corrected chi connectivity index (χ3v) is 2.53. The number of aromatic amines is 2. The van der Waals surface area contributed by atoms with Gasteiger partial charge in [0.05, 0.1) is 0 Å². The predicted molar refractivity (Wildman–Crippen MR) is 69.3 cm³/mol. The number of hydrogen-bond acceptors (Lipinski definition) is 5. The Kier molecular flexibility index (Phi) is 6.17. The molecule has 0 aliphatic heterocycles. The third-order valence-electron chi connectivity index (χ3n) is 2.53. The summed E-state index contributed by atoms with van der Waals surface area (Å²) in [6.07, 6.45) is 3.26. The minimum atomic E-state index is -0.665. The lowest BCUT2D eigenvalue weighted by molar-refractivity contribution is -0.129. The second kappa shape index (κ2) is 7.89. The fraction of sp³-hybridized carbons (Fsp3) is 0.455. The minimum absolute atomic E-state index is 0.0192. The summed E-state index contributed by atoms with van der Waals surface area (Å²) in [5, 5.41) is 10.6. The summed E-state index contributed by atoms with van der Waals surface area (Å²) < 4.78 is 0. The van der Waals surface area contributed by atoms with Crippen LogP contribution >= 0.6 is 0 Å². The number of carbonyl (C=O) groups is 2. The number of amides is 2. The van der Waals surface area contributed by atoms with Crippen LogP contribution in [0.25, 0.3) is 0 Å². The van der Waals surface area contributed by atoms with Gasteiger partial charge in [0.1, 0.15) is 5.69 Å². The van der Waals surface area contributed by atoms with E-state index in [9.17, 15) is 19.2 Å². The van der Waals surface area contributed by atoms with Crippen LogP contribution in [0.3, 0.4) is 0 Å². The number of H-pyrrole nitrogens is 2. The highest BCUT2D eigenvalue weighted by molar-refractivity contribution is 5.90. The lowest BCUT2D eigenvalue weighted by Gasteiger charge is -2.03. The summed E-state index contributed by atoms with van der Waals surface area (Å²) in [4.78, 5) is 48.6. The summed E-state index contributed by atoms with van der Waals surface area (Å²) in [5.41, 5.74) is 0.195. The number of rotatable bonds is 7. The minimum Gasteiger partial charge on any atom is -0.320 e. The quantitative estimate of drug-likeness (QED) is 0.259. The first-order valence-corrected chi connectivity index (χ1v) is 6.07. The summed E-state index contributed by atoms with van der Waals surface area (Å²) >= 11 is 0. The molecule has 1 rings (SSSR count). The molecule has 9 nitrogen and oxygen atoms in total. The van der Waals surface area contributed by atoms with Gasteiger partial charge in [0, 0.05) is 19.0 Å². The Labute approximate surface area is 113 Å². The lowest BCUT2D eigenvalue weighted by atomic mass is 10.1. The van der Waals surface area contributed by atoms with E-state index >= 15 is 0 Å². The van der Waals surface area contributed by atoms with Gasteiger partial charge < -0.3 is 10.3 Å². The first-order valence-electron chi connectivity index (χ1n) is 6.07. The molecule has 5 N–H and O–H groups in total. The van der Waals surface area contributed by atoms with Crippen LogP contribution in [0.1, 0.15) is 32.1 Å². The van der Waals surface area contributed by atoms with E-state index in [2.05, 4.69) is 10.3 Å². The molecule has 20 heavy (non-hydrogen) atoms. The molecule has 1 aromatic heterocycles. The molecule has 1 aromatic rings. The fourth-order valence-electron chi connectivity index (χ4n) is 1.52. The zero-order chi connectivity index (χ0) is 15.0. The van der Waals surface area contributed by atoms with Crippen molar-refractivity contribution >= 4 is 17.5 Å². The molecule has 0 aliphatic rings. The van der Waals surface area contributed by atoms with Crippen LogP contribution < -0.4 is 22.0 Å². The molecule has 0 aliphatic carbocycles. The first kappa shape index (κ1) is 15.6. The van der Waals surface area contributed by atoms with Crippen molar-refractivity contribution in [3.8, 4) is 0 Å². The van der Waals surface area contributed by atoms with E-state index in [0.29, 0.717) is 19.3 Å². The Balaban J connectivity index is 2.28. The Hall–Kier alpha value is -2.42. The van der Waals surface area contributed by atoms with Crippen LogP contribution in [-0.2, 0) is 9.59 Å². The molecule has 0 bridgehead atoms. The Morgan fingerprint density at radius 3 is 2.35 bits per heavy atom. The van der Waals surface area contributed by atoms with Crippen LogP contribution in [0.2, 0.25) is 0 Å². The lowest BCUT2D eigenvalue weighted by Crippen LogP contribution is -2.26. The molecule has 0 aromatic carbocycles. The average Bonchev–Trinajstić information content (AvgIpc) is 2.41. The van der Waals surface area contributed by atoms with E-state index in [1.165, 1.54) is 5.48 Å². The van der Waals surface area contributed by atoms with Gasteiger partial charge in [-0.2, -0.15) is 0 Å². The second-order valence-electron chi connectivity index (χ2n) is 4.13. The third kappa shape index (κ3) is 5.48. The normalized spacial score (nSPS) is 10.1. The van der Waals surface area contributed by atoms with Crippen LogP contribution in [-0.4, -0.2) is 27.0 Å². The summed E-state index contributed by atoms with van der Waals surface area (Å²) in [7, 11) is 0. The maximum atomic E-state index is 11.5. The molecule has 0 spiro atoms. The van der Waals surface area contributed by atoms with E-state index in [4.69, 9.17) is 5.21 Å². The van der Waals surface area contributed by atoms with Crippen molar-refractivity contribution in [2.75, 3.05) is 5.32 Å². The van der Waals surface area contributed by atoms with E-state index in [0.717, 1.165) is 6.20 Å². The summed E-state index contributed by atoms with van der Waals surface area (Å²) in [5.74, 6) is -0.816. The molecule has 0 radical (unpaired) electrons. The standard InChI is InChI=1S/C11H16N4O5/c16-8(4-2-1-3-5-9(17)15-20)13-7-6-12-11(19)14-10(7)18/h6,20H,1-5H2,(H,13,16)(H,15,17)(H2,12,14,18,19). The molecular weight excluding hydrogens is 268 g/mol. The molecule has 0 saturated heterocycles. The monoisotopic (exact) mass is 284 g/mol. The number of unbranched alkanes of at least 4 members (excludes halogenated alkanes) is 2. The zero-order valence-electron chi connectivity index (χ0n) is 10.7. The van der Waals surface area contributed by atoms with Crippen molar-refractivity contribution in [2.24, 2.45) is 0 Å². The maximum Gasteiger partial charge on any atom is 0.325 e. The number of anilines is 1. The fourth-order valence-corrected chi connectivity index (χ4v) is 1.52. The van der Waals surface area contributed by atoms with Crippen molar-refractivity contribution in [3.63, 3.8) is 0 Å². The highest BCUT2D eigenvalue weighted by atomic mass is 16.5. The molecule has 110 valence electrons. The number of hydrogen-bond donors (Lipinski definition) is 5. The Morgan fingerprint density at radius 1 is 1.10 bits per heavy atom. The topological polar surface area (TPSA) is 144 Å². The van der Waals surface area contributed by atoms with E-state index in [1.807, 2.05) is 4.98 Å². The van der Waals surface area contributed by atoms with Crippen LogP contribution in [0.5, 0.6) is 0 Å². The molecule has 0 atom stereocenters. The molecule has 1 heterocycles. The number of hydroxylamine groups is 1. The smallest absolute Gasteiger partial charge is 0.320 e. The van der Waals surface area contributed by atoms with Crippen LogP contribution in [0.4, 0.5) is 5.69 Å². The molecule has 0 unspecified atom stereocenters. The van der Waals surface area contributed by atoms with Crippen molar-refractivity contribution in [1.29, 1.82) is 0 Å². The van der Waals surface area contributed by atoms with Crippen molar-refractivity contribution in [3.05, 3.63) is 27.0 Å². The average molecular weight is 284 g/mol. The molecule has 2 amide bonds. The number of carbonyl (C=O) groups excluding carboxylic acids is 2. The second-order valence-corrected chi connectivity index (χ2v) is 4.13. The van der Waals surface area contributed by atoms with E-state index < -0.39 is 17.2 Å².